The molecule has 130 heavy (non-hydrogen) atoms. The number of alkyl halides is 3. The van der Waals surface area contributed by atoms with Crippen LogP contribution in [-0.2, 0) is 101 Å². The molecule has 0 bridgehead atoms. The second-order valence-electron chi connectivity index (χ2n) is 32.9. The first kappa shape index (κ1) is 109. The van der Waals surface area contributed by atoms with Crippen LogP contribution >= 0.6 is 35.0 Å². The van der Waals surface area contributed by atoms with Gasteiger partial charge in [0.2, 0.25) is 0 Å². The predicted octanol–water partition coefficient (Wildman–Crippen LogP) is 11.1. The number of hydrogen-bond acceptors (Lipinski definition) is 21. The van der Waals surface area contributed by atoms with Gasteiger partial charge in [0, 0.05) is 84.5 Å². The number of benzene rings is 5. The van der Waals surface area contributed by atoms with Crippen molar-refractivity contribution in [1.82, 2.24) is 34.2 Å². The number of morpholine rings is 1. The van der Waals surface area contributed by atoms with Crippen molar-refractivity contribution in [2.24, 2.45) is 33.9 Å². The fraction of sp³-hybridized carbons (Fsp3) is 0.387. The van der Waals surface area contributed by atoms with Gasteiger partial charge in [-0.2, -0.15) is 13.2 Å². The van der Waals surface area contributed by atoms with Crippen molar-refractivity contribution in [2.75, 3.05) is 46.0 Å². The molecule has 3 amide bonds. The van der Waals surface area contributed by atoms with E-state index in [9.17, 15) is 79.8 Å². The summed E-state index contributed by atoms with van der Waals surface area (Å²) in [6, 6.07) is 22.7. The van der Waals surface area contributed by atoms with Gasteiger partial charge in [-0.15, -0.1) is 12.4 Å². The summed E-state index contributed by atoms with van der Waals surface area (Å²) < 4.78 is 107. The van der Waals surface area contributed by atoms with E-state index in [2.05, 4.69) is 48.0 Å². The summed E-state index contributed by atoms with van der Waals surface area (Å²) in [5, 5.41) is 34.9. The highest BCUT2D eigenvalue weighted by molar-refractivity contribution is 14.1. The molecule has 702 valence electrons. The van der Waals surface area contributed by atoms with Crippen molar-refractivity contribution in [3.05, 3.63) is 263 Å². The van der Waals surface area contributed by atoms with Gasteiger partial charge in [0.15, 0.2) is 0 Å². The first-order valence-corrected chi connectivity index (χ1v) is 41.7. The normalized spacial score (nSPS) is 13.2. The van der Waals surface area contributed by atoms with E-state index in [0.717, 1.165) is 80.8 Å². The number of anilines is 1. The van der Waals surface area contributed by atoms with E-state index in [0.29, 0.717) is 51.8 Å². The summed E-state index contributed by atoms with van der Waals surface area (Å²) >= 11 is 2.09. The molecule has 1 fully saturated rings. The molecule has 8 N–H and O–H groups in total. The van der Waals surface area contributed by atoms with Gasteiger partial charge >= 0.3 is 49.4 Å². The number of nitrogens with one attached hydrogen (secondary N) is 3. The van der Waals surface area contributed by atoms with Gasteiger partial charge in [-0.05, 0) is 227 Å². The molecule has 10 rings (SSSR count). The second-order valence-corrected chi connectivity index (χ2v) is 34.0. The maximum atomic E-state index is 14.9. The number of carboxylic acid groups (broad SMARTS) is 1. The Kier molecular flexibility index (Phi) is 39.8. The second kappa shape index (κ2) is 47.6. The number of pyridine rings is 4. The van der Waals surface area contributed by atoms with Gasteiger partial charge in [0.05, 0.1) is 54.8 Å². The van der Waals surface area contributed by atoms with Crippen LogP contribution < -0.4 is 54.3 Å². The van der Waals surface area contributed by atoms with Crippen molar-refractivity contribution in [3.63, 3.8) is 0 Å². The molecule has 0 aliphatic carbocycles. The van der Waals surface area contributed by atoms with E-state index in [1.807, 2.05) is 123 Å². The lowest BCUT2D eigenvalue weighted by molar-refractivity contribution is -0.167. The molecule has 0 unspecified atom stereocenters. The molecule has 9 aromatic rings. The van der Waals surface area contributed by atoms with Crippen LogP contribution in [0, 0.1) is 70.6 Å². The number of esters is 3. The van der Waals surface area contributed by atoms with Gasteiger partial charge in [-0.1, -0.05) is 97.1 Å². The van der Waals surface area contributed by atoms with E-state index < -0.39 is 126 Å². The molecule has 37 heteroatoms. The highest BCUT2D eigenvalue weighted by atomic mass is 127. The number of aliphatic carboxylic acids is 1. The maximum absolute atomic E-state index is 14.9. The molecule has 5 atom stereocenters. The highest BCUT2D eigenvalue weighted by Crippen LogP contribution is 2.34. The molecule has 0 spiro atoms. The van der Waals surface area contributed by atoms with Crippen molar-refractivity contribution in [3.8, 4) is 33.4 Å². The van der Waals surface area contributed by atoms with E-state index in [1.165, 1.54) is 38.0 Å². The van der Waals surface area contributed by atoms with Gasteiger partial charge < -0.3 is 88.4 Å². The van der Waals surface area contributed by atoms with Crippen LogP contribution in [0.25, 0.3) is 33.4 Å². The van der Waals surface area contributed by atoms with Crippen LogP contribution in [0.1, 0.15) is 119 Å². The predicted molar refractivity (Wildman–Crippen MR) is 496 cm³/mol. The van der Waals surface area contributed by atoms with Crippen LogP contribution in [-0.4, -0.2) is 171 Å². The zero-order valence-corrected chi connectivity index (χ0v) is 79.4. The number of hydrogen-bond donors (Lipinski definition) is 7. The Bertz CT molecular complexity index is 5760. The third kappa shape index (κ3) is 30.4. The number of aromatic nitrogens is 4. The molecule has 1 saturated heterocycles. The quantitative estimate of drug-likeness (QED) is 0.0115. The van der Waals surface area contributed by atoms with Crippen LogP contribution in [0.3, 0.4) is 0 Å². The number of methoxy groups -OCH3 is 3. The largest absolute Gasteiger partial charge is 0.488 e. The number of amides is 3. The molecule has 1 aliphatic heterocycles. The van der Waals surface area contributed by atoms with Crippen molar-refractivity contribution in [1.29, 1.82) is 0 Å². The Hall–Kier alpha value is -11.8. The first-order valence-electron chi connectivity index (χ1n) is 40.6. The number of aryl methyl sites for hydroxylation is 8. The number of alkyl carbamates (subject to hydrolysis) is 2. The Morgan fingerprint density at radius 3 is 1.15 bits per heavy atom. The SMILES string of the molecule is COC(=O)[C@@H](N)Cc1ccc(-c2c(C)c(C)cn(C)c2=O)cc1.COC(=O)[C@H](Cc1ccc(-c2c(C)c(C)cn(C)c2=O)cc1)NC(=O)OC(C)(C)C.COC(=O)[C@H](Cc1ccc(B(O)O)cc1)NC(=O)OC(C)(C)C.Cc1cn(C)c(=O)c(-c2ccc(C[C@H](NC(=O)c3c(F)cc(N4CCOC[C@@H]4C(F)(F)F)cc3F)C(=O)O)cc2)c1C.Cc1cn(C)c(=O)c(I)c1C.Cl. The van der Waals surface area contributed by atoms with E-state index in [1.54, 1.807) is 126 Å². The minimum atomic E-state index is -4.73. The maximum Gasteiger partial charge on any atom is 0.488 e. The summed E-state index contributed by atoms with van der Waals surface area (Å²) in [7, 11) is 9.16. The number of rotatable bonds is 21. The van der Waals surface area contributed by atoms with E-state index in [-0.39, 0.29) is 67.1 Å². The Labute approximate surface area is 770 Å². The molecule has 4 aromatic heterocycles. The average Bonchev–Trinajstić information content (AvgIpc) is 0.769. The molecule has 0 saturated carbocycles. The molecular formula is C93H113BClF5IN9O20. The lowest BCUT2D eigenvalue weighted by Gasteiger charge is -2.38. The van der Waals surface area contributed by atoms with E-state index in [4.69, 9.17) is 34.7 Å². The number of halogens is 7. The minimum Gasteiger partial charge on any atom is -0.480 e. The zero-order valence-electron chi connectivity index (χ0n) is 76.4. The summed E-state index contributed by atoms with van der Waals surface area (Å²) in [5.74, 6) is -7.34. The fourth-order valence-corrected chi connectivity index (χ4v) is 14.3. The summed E-state index contributed by atoms with van der Waals surface area (Å²) in [6.07, 6.45) is 1.67. The number of carbonyl (C=O) groups is 7. The van der Waals surface area contributed by atoms with Gasteiger partial charge in [0.1, 0.15) is 58.6 Å². The van der Waals surface area contributed by atoms with Crippen molar-refractivity contribution < 1.29 is 99.1 Å². The molecule has 5 heterocycles. The topological polar surface area (TPSA) is 389 Å². The summed E-state index contributed by atoms with van der Waals surface area (Å²) in [4.78, 5) is 134. The smallest absolute Gasteiger partial charge is 0.480 e. The standard InChI is InChI=1S/C29H28F5N3O5.C23H30N2O5.C18H22N2O3.C15H22BNO6.C8H10INO.ClH/c1-15-13-36(3)27(39)24(16(15)2)18-6-4-17(5-7-18)10-22(28(40)41)35-26(38)25-20(30)11-19(12-21(25)31)37-8-9-42-14-23(37)29(32,33)34;1-14-13-25(6)20(26)19(15(14)2)17-10-8-16(9-11-17)12-18(21(27)29-7)24-22(28)30-23(3,4)5;1-11-10-20(3)17(21)16(12(11)2)14-7-5-13(6-8-14)9-15(19)18(22)23-4;1-15(2,3)23-14(19)17-12(13(18)22-4)9-10-5-7-11(8-6-10)16(20)21;1-5-4-10(3)8(11)7(9)6(5)2;/h4-7,11-13,22-23H,8-10,14H2,1-3H3,(H,35,38)(H,40,41);8-11,13,18H,12H2,1-7H3,(H,24,28);5-8,10,15H,9,19H2,1-4H3;5-8,12,20-21H,9H2,1-4H3,(H,17,19);4H,1-3H3;1H/t22-,23+;18-;15-;12-;;/m0000../s1. The van der Waals surface area contributed by atoms with Crippen molar-refractivity contribution >= 4 is 95.2 Å². The van der Waals surface area contributed by atoms with Crippen LogP contribution in [0.5, 0.6) is 0 Å². The average molecular weight is 1950 g/mol. The number of carboxylic acids is 1. The molecule has 0 radical (unpaired) electrons. The number of ether oxygens (including phenoxy) is 6. The summed E-state index contributed by atoms with van der Waals surface area (Å²) in [6.45, 7) is 24.8. The number of carbonyl (C=O) groups excluding carboxylic acids is 6. The zero-order chi connectivity index (χ0) is 96.9. The third-order valence-corrected chi connectivity index (χ3v) is 22.1. The highest BCUT2D eigenvalue weighted by Gasteiger charge is 2.46. The third-order valence-electron chi connectivity index (χ3n) is 20.8. The van der Waals surface area contributed by atoms with Gasteiger partial charge in [-0.25, -0.2) is 32.8 Å². The molecular weight excluding hydrogens is 1830 g/mol. The molecule has 29 nitrogen and oxygen atoms in total. The Morgan fingerprint density at radius 2 is 0.831 bits per heavy atom. The fourth-order valence-electron chi connectivity index (χ4n) is 13.5. The monoisotopic (exact) mass is 1940 g/mol. The van der Waals surface area contributed by atoms with Crippen LogP contribution in [0.15, 0.2) is 153 Å². The Morgan fingerprint density at radius 1 is 0.508 bits per heavy atom. The molecule has 1 aliphatic rings. The minimum absolute atomic E-state index is 0. The number of nitrogens with two attached hydrogens (primary N) is 1. The van der Waals surface area contributed by atoms with E-state index >= 15 is 0 Å². The van der Waals surface area contributed by atoms with Crippen molar-refractivity contribution in [2.45, 2.75) is 170 Å². The van der Waals surface area contributed by atoms with Gasteiger partial charge in [0.25, 0.3) is 28.1 Å². The van der Waals surface area contributed by atoms with Crippen LogP contribution in [0.2, 0.25) is 0 Å². The summed E-state index contributed by atoms with van der Waals surface area (Å²) in [5.41, 5.74) is 18.0. The Balaban J connectivity index is 0.000000302. The first-order chi connectivity index (χ1) is 60.1. The van der Waals surface area contributed by atoms with Gasteiger partial charge in [-0.3, -0.25) is 28.8 Å². The lowest BCUT2D eigenvalue weighted by Crippen LogP contribution is -2.53. The number of nitrogens with zero attached hydrogens (tertiary/aromatic N) is 5. The molecule has 5 aromatic carbocycles. The lowest BCUT2D eigenvalue weighted by atomic mass is 9.80. The van der Waals surface area contributed by atoms with Crippen LogP contribution in [0.4, 0.5) is 37.2 Å².